The Morgan fingerprint density at radius 2 is 1.57 bits per heavy atom. The van der Waals surface area contributed by atoms with Crippen LogP contribution in [0, 0.1) is 11.3 Å². The molecule has 13 nitrogen and oxygen atoms in total. The molecule has 0 aromatic heterocycles. The van der Waals surface area contributed by atoms with Crippen molar-refractivity contribution in [2.75, 3.05) is 19.1 Å². The summed E-state index contributed by atoms with van der Waals surface area (Å²) in [6.07, 6.45) is 0. The summed E-state index contributed by atoms with van der Waals surface area (Å²) in [7, 11) is -8.14. The van der Waals surface area contributed by atoms with E-state index in [1.165, 1.54) is 12.1 Å². The lowest BCUT2D eigenvalue weighted by Gasteiger charge is -2.36. The number of hydrogen-bond donors (Lipinski definition) is 3. The third-order valence-corrected chi connectivity index (χ3v) is 7.11. The number of methoxy groups -OCH3 is 2. The molecule has 0 amide bonds. The topological polar surface area (TPSA) is 214 Å². The number of carbonyl (C=O) groups excluding carboxylic acids is 2. The Bertz CT molecular complexity index is 1610. The zero-order chi connectivity index (χ0) is 27.7. The number of rotatable bonds is 6. The van der Waals surface area contributed by atoms with Crippen LogP contribution in [-0.4, -0.2) is 52.1 Å². The van der Waals surface area contributed by atoms with Gasteiger partial charge in [-0.05, 0) is 23.8 Å². The molecule has 0 fully saturated rings. The second kappa shape index (κ2) is 10.0. The van der Waals surface area contributed by atoms with Gasteiger partial charge in [-0.3, -0.25) is 14.0 Å². The highest BCUT2D eigenvalue weighted by Gasteiger charge is 2.44. The first kappa shape index (κ1) is 27.4. The lowest BCUT2D eigenvalue weighted by molar-refractivity contribution is -0.139. The van der Waals surface area contributed by atoms with E-state index in [4.69, 9.17) is 15.2 Å². The molecule has 4 N–H and O–H groups in total. The Morgan fingerprint density at radius 1 is 0.973 bits per heavy atom. The number of ether oxygens (including phenoxy) is 2. The molecule has 2 aromatic carbocycles. The van der Waals surface area contributed by atoms with Gasteiger partial charge in [-0.2, -0.15) is 22.1 Å². The summed E-state index contributed by atoms with van der Waals surface area (Å²) in [5.41, 5.74) is 4.23. The third kappa shape index (κ3) is 5.04. The average Bonchev–Trinajstić information content (AvgIpc) is 2.86. The van der Waals surface area contributed by atoms with E-state index in [9.17, 15) is 40.8 Å². The van der Waals surface area contributed by atoms with E-state index in [2.05, 4.69) is 0 Å². The molecule has 0 spiro atoms. The van der Waals surface area contributed by atoms with Crippen molar-refractivity contribution in [1.29, 1.82) is 5.26 Å². The number of allylic oxidation sites excluding steroid dienone is 1. The number of benzene rings is 2. The summed E-state index contributed by atoms with van der Waals surface area (Å²) in [5.74, 6) is -4.26. The molecule has 194 valence electrons. The van der Waals surface area contributed by atoms with E-state index >= 15 is 0 Å². The second-order valence-corrected chi connectivity index (χ2v) is 10.2. The predicted octanol–water partition coefficient (Wildman–Crippen LogP) is 1.08. The molecule has 0 saturated carbocycles. The summed E-state index contributed by atoms with van der Waals surface area (Å²) < 4.78 is 77.0. The zero-order valence-electron chi connectivity index (χ0n) is 19.1. The van der Waals surface area contributed by atoms with Gasteiger partial charge in [0.15, 0.2) is 0 Å². The van der Waals surface area contributed by atoms with Gasteiger partial charge in [0.05, 0.1) is 47.9 Å². The van der Waals surface area contributed by atoms with E-state index in [0.29, 0.717) is 28.7 Å². The number of nitriles is 1. The van der Waals surface area contributed by atoms with Crippen molar-refractivity contribution in [3.8, 4) is 6.07 Å². The zero-order valence-corrected chi connectivity index (χ0v) is 20.8. The van der Waals surface area contributed by atoms with Crippen LogP contribution < -0.4 is 10.6 Å². The summed E-state index contributed by atoms with van der Waals surface area (Å²) in [5, 5.41) is 10.0. The molecule has 1 aliphatic heterocycles. The number of nitrogens with two attached hydrogens (primary N) is 1. The van der Waals surface area contributed by atoms with Gasteiger partial charge in [0, 0.05) is 0 Å². The minimum Gasteiger partial charge on any atom is -0.466 e. The molecular weight excluding hydrogens is 530 g/mol. The molecule has 0 bridgehead atoms. The van der Waals surface area contributed by atoms with Crippen LogP contribution in [0.3, 0.4) is 0 Å². The Morgan fingerprint density at radius 3 is 2.05 bits per heavy atom. The van der Waals surface area contributed by atoms with Crippen molar-refractivity contribution in [3.05, 3.63) is 76.8 Å². The van der Waals surface area contributed by atoms with Crippen LogP contribution in [0.1, 0.15) is 11.5 Å². The van der Waals surface area contributed by atoms with Gasteiger partial charge in [-0.15, -0.1) is 0 Å². The fraction of sp³-hybridized carbons (Fsp3) is 0.136. The molecule has 3 rings (SSSR count). The predicted molar refractivity (Wildman–Crippen MR) is 126 cm³/mol. The maximum absolute atomic E-state index is 13.1. The van der Waals surface area contributed by atoms with Gasteiger partial charge >= 0.3 is 11.9 Å². The SMILES string of the molecule is COC(=O)C1=C(C(=O)OC)N(c2cc(S(=O)(=O)O)ccc2S(=O)(=O)O)C(N)=C(C#N)C1c1ccccc1. The third-order valence-electron chi connectivity index (χ3n) is 5.36. The van der Waals surface area contributed by atoms with Gasteiger partial charge in [0.1, 0.15) is 16.4 Å². The van der Waals surface area contributed by atoms with Crippen LogP contribution in [0.5, 0.6) is 0 Å². The number of hydrogen-bond acceptors (Lipinski definition) is 11. The first-order chi connectivity index (χ1) is 17.3. The van der Waals surface area contributed by atoms with E-state index in [1.54, 1.807) is 18.2 Å². The molecule has 1 unspecified atom stereocenters. The molecule has 2 aromatic rings. The lowest BCUT2D eigenvalue weighted by atomic mass is 9.81. The van der Waals surface area contributed by atoms with Crippen LogP contribution >= 0.6 is 0 Å². The number of carbonyl (C=O) groups is 2. The van der Waals surface area contributed by atoms with E-state index in [1.807, 2.05) is 6.07 Å². The Kier molecular flexibility index (Phi) is 7.41. The Labute approximate surface area is 211 Å². The van der Waals surface area contributed by atoms with Gasteiger partial charge in [0.25, 0.3) is 20.2 Å². The molecule has 0 aliphatic carbocycles. The molecular formula is C22H19N3O10S2. The van der Waals surface area contributed by atoms with Crippen LogP contribution in [0.4, 0.5) is 5.69 Å². The van der Waals surface area contributed by atoms with Crippen molar-refractivity contribution >= 4 is 37.9 Å². The van der Waals surface area contributed by atoms with Crippen LogP contribution in [-0.2, 0) is 39.3 Å². The minimum absolute atomic E-state index is 0.324. The summed E-state index contributed by atoms with van der Waals surface area (Å²) >= 11 is 0. The Balaban J connectivity index is 2.58. The quantitative estimate of drug-likeness (QED) is 0.340. The fourth-order valence-electron chi connectivity index (χ4n) is 3.81. The highest BCUT2D eigenvalue weighted by atomic mass is 32.2. The average molecular weight is 550 g/mol. The largest absolute Gasteiger partial charge is 0.466 e. The molecule has 37 heavy (non-hydrogen) atoms. The van der Waals surface area contributed by atoms with Gasteiger partial charge in [0.2, 0.25) is 0 Å². The molecule has 0 saturated heterocycles. The summed E-state index contributed by atoms with van der Waals surface area (Å²) in [6.45, 7) is 0. The van der Waals surface area contributed by atoms with Gasteiger partial charge < -0.3 is 15.2 Å². The first-order valence-corrected chi connectivity index (χ1v) is 12.9. The highest BCUT2D eigenvalue weighted by molar-refractivity contribution is 7.86. The molecule has 1 aliphatic rings. The van der Waals surface area contributed by atoms with Crippen LogP contribution in [0.15, 0.2) is 81.0 Å². The summed E-state index contributed by atoms with van der Waals surface area (Å²) in [6, 6.07) is 11.6. The van der Waals surface area contributed by atoms with Crippen molar-refractivity contribution in [1.82, 2.24) is 0 Å². The minimum atomic E-state index is -5.13. The van der Waals surface area contributed by atoms with E-state index in [-0.39, 0.29) is 5.57 Å². The van der Waals surface area contributed by atoms with E-state index in [0.717, 1.165) is 14.2 Å². The fourth-order valence-corrected chi connectivity index (χ4v) is 4.97. The standard InChI is InChI=1S/C22H19N3O10S2/c1-34-21(26)18-17(12-6-4-3-5-7-12)14(11-23)20(24)25(19(18)22(27)35-2)15-10-13(36(28,29)30)8-9-16(15)37(31,32)33/h3-10,17H,24H2,1-2H3,(H,28,29,30)(H,31,32,33). The van der Waals surface area contributed by atoms with Crippen LogP contribution in [0.25, 0.3) is 0 Å². The Hall–Kier alpha value is -4.23. The van der Waals surface area contributed by atoms with Crippen molar-refractivity contribution < 1.29 is 45.0 Å². The molecule has 15 heteroatoms. The lowest BCUT2D eigenvalue weighted by Crippen LogP contribution is -2.41. The highest BCUT2D eigenvalue weighted by Crippen LogP contribution is 2.44. The van der Waals surface area contributed by atoms with Crippen molar-refractivity contribution in [2.24, 2.45) is 5.73 Å². The van der Waals surface area contributed by atoms with Crippen LogP contribution in [0.2, 0.25) is 0 Å². The van der Waals surface area contributed by atoms with Gasteiger partial charge in [-0.1, -0.05) is 30.3 Å². The van der Waals surface area contributed by atoms with E-state index < -0.39 is 70.7 Å². The van der Waals surface area contributed by atoms with Crippen molar-refractivity contribution in [3.63, 3.8) is 0 Å². The molecule has 0 radical (unpaired) electrons. The number of nitrogens with zero attached hydrogens (tertiary/aromatic N) is 2. The molecule has 1 atom stereocenters. The monoisotopic (exact) mass is 549 g/mol. The summed E-state index contributed by atoms with van der Waals surface area (Å²) in [4.78, 5) is 24.9. The van der Waals surface area contributed by atoms with Crippen molar-refractivity contribution in [2.45, 2.75) is 15.7 Å². The second-order valence-electron chi connectivity index (χ2n) is 7.41. The smallest absolute Gasteiger partial charge is 0.355 e. The normalized spacial score (nSPS) is 16.3. The first-order valence-electron chi connectivity index (χ1n) is 10.0. The number of anilines is 1. The maximum Gasteiger partial charge on any atom is 0.355 e. The number of esters is 2. The van der Waals surface area contributed by atoms with Gasteiger partial charge in [-0.25, -0.2) is 9.59 Å². The maximum atomic E-state index is 13.1. The molecule has 1 heterocycles.